The van der Waals surface area contributed by atoms with Crippen molar-refractivity contribution in [2.24, 2.45) is 5.73 Å². The first-order valence-corrected chi connectivity index (χ1v) is 6.95. The molecule has 0 fully saturated rings. The largest absolute Gasteiger partial charge is 0.352 e. The van der Waals surface area contributed by atoms with E-state index < -0.39 is 5.54 Å². The van der Waals surface area contributed by atoms with E-state index in [9.17, 15) is 9.59 Å². The van der Waals surface area contributed by atoms with Crippen LogP contribution in [0.3, 0.4) is 0 Å². The Morgan fingerprint density at radius 1 is 1.10 bits per heavy atom. The fraction of sp³-hybridized carbons (Fsp3) is 0.467. The van der Waals surface area contributed by atoms with Crippen LogP contribution in [0.5, 0.6) is 0 Å². The standard InChI is InChI=1S/C15H23N3O2/c1-4-15(16,5-2)14(20)18-12-9-7-11(8-10-12)13(19)17-6-3/h7-10H,4-6,16H2,1-3H3,(H,17,19)(H,18,20). The van der Waals surface area contributed by atoms with E-state index in [1.54, 1.807) is 24.3 Å². The molecule has 20 heavy (non-hydrogen) atoms. The third kappa shape index (κ3) is 3.81. The second-order valence-electron chi connectivity index (χ2n) is 4.75. The zero-order valence-electron chi connectivity index (χ0n) is 12.3. The molecule has 1 rings (SSSR count). The smallest absolute Gasteiger partial charge is 0.251 e. The van der Waals surface area contributed by atoms with Crippen LogP contribution in [0.2, 0.25) is 0 Å². The van der Waals surface area contributed by atoms with Gasteiger partial charge in [-0.2, -0.15) is 0 Å². The molecule has 0 unspecified atom stereocenters. The van der Waals surface area contributed by atoms with Gasteiger partial charge in [0, 0.05) is 17.8 Å². The topological polar surface area (TPSA) is 84.2 Å². The Balaban J connectivity index is 2.75. The van der Waals surface area contributed by atoms with Crippen molar-refractivity contribution >= 4 is 17.5 Å². The fourth-order valence-corrected chi connectivity index (χ4v) is 1.79. The molecule has 0 aliphatic heterocycles. The maximum Gasteiger partial charge on any atom is 0.251 e. The Hall–Kier alpha value is -1.88. The van der Waals surface area contributed by atoms with Crippen LogP contribution in [0.1, 0.15) is 44.0 Å². The average molecular weight is 277 g/mol. The van der Waals surface area contributed by atoms with Crippen molar-refractivity contribution in [1.82, 2.24) is 5.32 Å². The van der Waals surface area contributed by atoms with Crippen LogP contribution >= 0.6 is 0 Å². The molecule has 0 spiro atoms. The fourth-order valence-electron chi connectivity index (χ4n) is 1.79. The monoisotopic (exact) mass is 277 g/mol. The number of nitrogens with two attached hydrogens (primary N) is 1. The summed E-state index contributed by atoms with van der Waals surface area (Å²) in [6, 6.07) is 6.76. The van der Waals surface area contributed by atoms with Gasteiger partial charge in [0.2, 0.25) is 5.91 Å². The van der Waals surface area contributed by atoms with Crippen LogP contribution in [0, 0.1) is 0 Å². The lowest BCUT2D eigenvalue weighted by Gasteiger charge is -2.25. The van der Waals surface area contributed by atoms with Crippen molar-refractivity contribution in [1.29, 1.82) is 0 Å². The predicted molar refractivity (Wildman–Crippen MR) is 80.6 cm³/mol. The number of carbonyl (C=O) groups excluding carboxylic acids is 2. The molecule has 0 heterocycles. The van der Waals surface area contributed by atoms with E-state index in [0.717, 1.165) is 0 Å². The molecule has 2 amide bonds. The second-order valence-corrected chi connectivity index (χ2v) is 4.75. The SMILES string of the molecule is CCNC(=O)c1ccc(NC(=O)C(N)(CC)CC)cc1. The van der Waals surface area contributed by atoms with Crippen LogP contribution in [0.4, 0.5) is 5.69 Å². The van der Waals surface area contributed by atoms with Crippen LogP contribution in [-0.4, -0.2) is 23.9 Å². The Morgan fingerprint density at radius 2 is 1.65 bits per heavy atom. The summed E-state index contributed by atoms with van der Waals surface area (Å²) in [5, 5.41) is 5.51. The predicted octanol–water partition coefficient (Wildman–Crippen LogP) is 1.89. The summed E-state index contributed by atoms with van der Waals surface area (Å²) >= 11 is 0. The first-order valence-electron chi connectivity index (χ1n) is 6.95. The van der Waals surface area contributed by atoms with Gasteiger partial charge in [-0.05, 0) is 44.0 Å². The van der Waals surface area contributed by atoms with E-state index in [0.29, 0.717) is 30.6 Å². The van der Waals surface area contributed by atoms with Crippen LogP contribution < -0.4 is 16.4 Å². The molecule has 0 bridgehead atoms. The van der Waals surface area contributed by atoms with Gasteiger partial charge in [-0.3, -0.25) is 9.59 Å². The minimum atomic E-state index is -0.849. The first kappa shape index (κ1) is 16.2. The highest BCUT2D eigenvalue weighted by molar-refractivity contribution is 5.99. The van der Waals surface area contributed by atoms with Crippen molar-refractivity contribution in [2.45, 2.75) is 39.2 Å². The minimum absolute atomic E-state index is 0.124. The van der Waals surface area contributed by atoms with E-state index >= 15 is 0 Å². The zero-order valence-corrected chi connectivity index (χ0v) is 12.3. The number of amides is 2. The highest BCUT2D eigenvalue weighted by Crippen LogP contribution is 2.16. The Kier molecular flexibility index (Phi) is 5.70. The van der Waals surface area contributed by atoms with Gasteiger partial charge in [-0.25, -0.2) is 0 Å². The molecule has 4 N–H and O–H groups in total. The lowest BCUT2D eigenvalue weighted by Crippen LogP contribution is -2.50. The zero-order chi connectivity index (χ0) is 15.2. The summed E-state index contributed by atoms with van der Waals surface area (Å²) in [7, 11) is 0. The van der Waals surface area contributed by atoms with E-state index in [4.69, 9.17) is 5.73 Å². The van der Waals surface area contributed by atoms with E-state index in [-0.39, 0.29) is 11.8 Å². The Bertz CT molecular complexity index is 465. The van der Waals surface area contributed by atoms with Gasteiger partial charge in [-0.1, -0.05) is 13.8 Å². The Labute approximate surface area is 119 Å². The van der Waals surface area contributed by atoms with Gasteiger partial charge in [0.15, 0.2) is 0 Å². The minimum Gasteiger partial charge on any atom is -0.352 e. The number of rotatable bonds is 6. The van der Waals surface area contributed by atoms with Crippen molar-refractivity contribution < 1.29 is 9.59 Å². The second kappa shape index (κ2) is 7.05. The van der Waals surface area contributed by atoms with Gasteiger partial charge in [0.1, 0.15) is 0 Å². The molecule has 0 aliphatic carbocycles. The van der Waals surface area contributed by atoms with Crippen LogP contribution in [0.25, 0.3) is 0 Å². The lowest BCUT2D eigenvalue weighted by molar-refractivity contribution is -0.121. The molecule has 1 aromatic carbocycles. The third-order valence-electron chi connectivity index (χ3n) is 3.46. The molecule has 0 aromatic heterocycles. The normalized spacial score (nSPS) is 11.0. The van der Waals surface area contributed by atoms with Crippen molar-refractivity contribution in [3.63, 3.8) is 0 Å². The van der Waals surface area contributed by atoms with Gasteiger partial charge in [0.25, 0.3) is 5.91 Å². The molecule has 0 atom stereocenters. The summed E-state index contributed by atoms with van der Waals surface area (Å²) in [5.41, 5.74) is 6.38. The van der Waals surface area contributed by atoms with E-state index in [2.05, 4.69) is 10.6 Å². The number of hydrogen-bond acceptors (Lipinski definition) is 3. The molecule has 5 nitrogen and oxygen atoms in total. The molecule has 0 radical (unpaired) electrons. The van der Waals surface area contributed by atoms with Crippen molar-refractivity contribution in [3.05, 3.63) is 29.8 Å². The number of nitrogens with one attached hydrogen (secondary N) is 2. The highest BCUT2D eigenvalue weighted by atomic mass is 16.2. The number of hydrogen-bond donors (Lipinski definition) is 3. The molecule has 5 heteroatoms. The quantitative estimate of drug-likeness (QED) is 0.742. The number of carbonyl (C=O) groups is 2. The summed E-state index contributed by atoms with van der Waals surface area (Å²) < 4.78 is 0. The maximum atomic E-state index is 12.1. The first-order chi connectivity index (χ1) is 9.46. The van der Waals surface area contributed by atoms with E-state index in [1.165, 1.54) is 0 Å². The summed E-state index contributed by atoms with van der Waals surface area (Å²) in [6.07, 6.45) is 1.15. The third-order valence-corrected chi connectivity index (χ3v) is 3.46. The summed E-state index contributed by atoms with van der Waals surface area (Å²) in [4.78, 5) is 23.7. The summed E-state index contributed by atoms with van der Waals surface area (Å²) in [5.74, 6) is -0.325. The lowest BCUT2D eigenvalue weighted by atomic mass is 9.93. The molecule has 0 saturated heterocycles. The van der Waals surface area contributed by atoms with Gasteiger partial charge in [-0.15, -0.1) is 0 Å². The Morgan fingerprint density at radius 3 is 2.10 bits per heavy atom. The number of anilines is 1. The van der Waals surface area contributed by atoms with Gasteiger partial charge < -0.3 is 16.4 Å². The van der Waals surface area contributed by atoms with Crippen molar-refractivity contribution in [2.75, 3.05) is 11.9 Å². The number of benzene rings is 1. The molecular weight excluding hydrogens is 254 g/mol. The van der Waals surface area contributed by atoms with E-state index in [1.807, 2.05) is 20.8 Å². The molecule has 0 aliphatic rings. The van der Waals surface area contributed by atoms with Crippen molar-refractivity contribution in [3.8, 4) is 0 Å². The molecule has 1 aromatic rings. The summed E-state index contributed by atoms with van der Waals surface area (Å²) in [6.45, 7) is 6.23. The van der Waals surface area contributed by atoms with Crippen LogP contribution in [0.15, 0.2) is 24.3 Å². The highest BCUT2D eigenvalue weighted by Gasteiger charge is 2.29. The molecule has 0 saturated carbocycles. The van der Waals surface area contributed by atoms with Crippen LogP contribution in [-0.2, 0) is 4.79 Å². The van der Waals surface area contributed by atoms with Gasteiger partial charge in [0.05, 0.1) is 5.54 Å². The molecule has 110 valence electrons. The molecular formula is C15H23N3O2. The van der Waals surface area contributed by atoms with Gasteiger partial charge >= 0.3 is 0 Å². The average Bonchev–Trinajstić information content (AvgIpc) is 2.47. The maximum absolute atomic E-state index is 12.1.